The van der Waals surface area contributed by atoms with Crippen LogP contribution in [0.3, 0.4) is 0 Å². The Kier molecular flexibility index (Phi) is 3.73. The molecule has 17 heavy (non-hydrogen) atoms. The topological polar surface area (TPSA) is 37.3 Å². The first kappa shape index (κ1) is 11.6. The number of carbonyl (C=O) groups is 1. The van der Waals surface area contributed by atoms with Gasteiger partial charge in [0, 0.05) is 9.75 Å². The number of aliphatic carboxylic acids is 1. The molecule has 0 fully saturated rings. The van der Waals surface area contributed by atoms with Gasteiger partial charge in [-0.2, -0.15) is 0 Å². The summed E-state index contributed by atoms with van der Waals surface area (Å²) in [6, 6.07) is 14.2. The molecule has 0 aliphatic carbocycles. The monoisotopic (exact) mass is 244 g/mol. The first-order valence-corrected chi connectivity index (χ1v) is 6.11. The van der Waals surface area contributed by atoms with Crippen molar-refractivity contribution in [2.24, 2.45) is 0 Å². The lowest BCUT2D eigenvalue weighted by atomic mass is 10.2. The maximum atomic E-state index is 10.4. The molecule has 1 aromatic carbocycles. The van der Waals surface area contributed by atoms with Crippen LogP contribution >= 0.6 is 11.3 Å². The summed E-state index contributed by atoms with van der Waals surface area (Å²) in [6.07, 6.45) is 3.59. The molecule has 0 unspecified atom stereocenters. The number of hydrogen-bond donors (Lipinski definition) is 1. The summed E-state index contributed by atoms with van der Waals surface area (Å²) in [6.45, 7) is 0. The summed E-state index contributed by atoms with van der Waals surface area (Å²) in [4.78, 5) is 12.6. The minimum atomic E-state index is -0.805. The first-order chi connectivity index (χ1) is 8.25. The van der Waals surface area contributed by atoms with Gasteiger partial charge in [-0.25, -0.2) is 0 Å². The van der Waals surface area contributed by atoms with Gasteiger partial charge in [0.15, 0.2) is 0 Å². The van der Waals surface area contributed by atoms with Gasteiger partial charge in [-0.1, -0.05) is 36.4 Å². The minimum Gasteiger partial charge on any atom is -0.481 e. The van der Waals surface area contributed by atoms with Crippen LogP contribution < -0.4 is 0 Å². The average molecular weight is 244 g/mol. The van der Waals surface area contributed by atoms with Crippen molar-refractivity contribution in [2.75, 3.05) is 0 Å². The van der Waals surface area contributed by atoms with E-state index in [-0.39, 0.29) is 6.42 Å². The number of hydrogen-bond acceptors (Lipinski definition) is 2. The van der Waals surface area contributed by atoms with Gasteiger partial charge >= 0.3 is 5.97 Å². The van der Waals surface area contributed by atoms with Gasteiger partial charge in [-0.05, 0) is 23.8 Å². The molecule has 1 aromatic heterocycles. The van der Waals surface area contributed by atoms with E-state index in [9.17, 15) is 4.79 Å². The lowest BCUT2D eigenvalue weighted by Crippen LogP contribution is -1.89. The van der Waals surface area contributed by atoms with Crippen LogP contribution in [0.4, 0.5) is 0 Å². The maximum absolute atomic E-state index is 10.4. The van der Waals surface area contributed by atoms with Crippen LogP contribution in [0.5, 0.6) is 0 Å². The normalized spacial score (nSPS) is 10.8. The van der Waals surface area contributed by atoms with Crippen LogP contribution in [-0.2, 0) is 4.79 Å². The zero-order chi connectivity index (χ0) is 12.1. The summed E-state index contributed by atoms with van der Waals surface area (Å²) in [5.74, 6) is -0.805. The third-order valence-corrected chi connectivity index (χ3v) is 3.36. The van der Waals surface area contributed by atoms with E-state index in [1.165, 1.54) is 10.4 Å². The van der Waals surface area contributed by atoms with Crippen molar-refractivity contribution in [2.45, 2.75) is 6.42 Å². The van der Waals surface area contributed by atoms with E-state index in [1.807, 2.05) is 30.3 Å². The quantitative estimate of drug-likeness (QED) is 0.885. The van der Waals surface area contributed by atoms with Crippen molar-refractivity contribution in [1.29, 1.82) is 0 Å². The molecular weight excluding hydrogens is 232 g/mol. The van der Waals surface area contributed by atoms with Crippen LogP contribution in [0.15, 0.2) is 48.5 Å². The zero-order valence-electron chi connectivity index (χ0n) is 9.17. The highest BCUT2D eigenvalue weighted by molar-refractivity contribution is 7.16. The van der Waals surface area contributed by atoms with E-state index in [0.29, 0.717) is 0 Å². The van der Waals surface area contributed by atoms with Crippen molar-refractivity contribution in [3.8, 4) is 10.4 Å². The van der Waals surface area contributed by atoms with Crippen LogP contribution in [0.2, 0.25) is 0 Å². The zero-order valence-corrected chi connectivity index (χ0v) is 9.98. The van der Waals surface area contributed by atoms with Crippen LogP contribution in [0.1, 0.15) is 11.3 Å². The van der Waals surface area contributed by atoms with E-state index in [1.54, 1.807) is 17.4 Å². The Morgan fingerprint density at radius 3 is 2.65 bits per heavy atom. The third-order valence-electron chi connectivity index (χ3n) is 2.26. The van der Waals surface area contributed by atoms with Crippen molar-refractivity contribution < 1.29 is 9.90 Å². The predicted octanol–water partition coefficient (Wildman–Crippen LogP) is 3.90. The Morgan fingerprint density at radius 1 is 1.18 bits per heavy atom. The Balaban J connectivity index is 2.11. The lowest BCUT2D eigenvalue weighted by Gasteiger charge is -1.94. The van der Waals surface area contributed by atoms with Gasteiger partial charge in [0.2, 0.25) is 0 Å². The summed E-state index contributed by atoms with van der Waals surface area (Å²) in [5.41, 5.74) is 1.19. The van der Waals surface area contributed by atoms with Crippen LogP contribution in [0.25, 0.3) is 16.5 Å². The molecule has 0 saturated heterocycles. The van der Waals surface area contributed by atoms with Crippen molar-refractivity contribution in [3.63, 3.8) is 0 Å². The number of rotatable bonds is 4. The molecular formula is C14H12O2S. The van der Waals surface area contributed by atoms with Gasteiger partial charge in [-0.15, -0.1) is 11.3 Å². The fourth-order valence-corrected chi connectivity index (χ4v) is 2.42. The molecule has 0 radical (unpaired) electrons. The predicted molar refractivity (Wildman–Crippen MR) is 71.0 cm³/mol. The molecule has 0 atom stereocenters. The molecule has 2 nitrogen and oxygen atoms in total. The van der Waals surface area contributed by atoms with Crippen LogP contribution in [0, 0.1) is 0 Å². The Labute approximate surface area is 104 Å². The molecule has 0 bridgehead atoms. The third kappa shape index (κ3) is 3.29. The Bertz CT molecular complexity index is 526. The standard InChI is InChI=1S/C14H12O2S/c15-14(16)8-4-7-12-9-10-13(17-12)11-5-2-1-3-6-11/h1-7,9-10H,8H2,(H,15,16). The van der Waals surface area contributed by atoms with E-state index >= 15 is 0 Å². The molecule has 86 valence electrons. The number of thiophene rings is 1. The summed E-state index contributed by atoms with van der Waals surface area (Å²) < 4.78 is 0. The van der Waals surface area contributed by atoms with Gasteiger partial charge in [-0.3, -0.25) is 4.79 Å². The van der Waals surface area contributed by atoms with E-state index < -0.39 is 5.97 Å². The molecule has 0 aliphatic rings. The fraction of sp³-hybridized carbons (Fsp3) is 0.0714. The lowest BCUT2D eigenvalue weighted by molar-refractivity contribution is -0.135. The second kappa shape index (κ2) is 5.46. The van der Waals surface area contributed by atoms with Crippen LogP contribution in [-0.4, -0.2) is 11.1 Å². The summed E-state index contributed by atoms with van der Waals surface area (Å²) in [5, 5.41) is 8.53. The SMILES string of the molecule is O=C(O)CC=Cc1ccc(-c2ccccc2)s1. The molecule has 2 aromatic rings. The average Bonchev–Trinajstić information content (AvgIpc) is 2.78. The smallest absolute Gasteiger partial charge is 0.307 e. The van der Waals surface area contributed by atoms with E-state index in [4.69, 9.17) is 5.11 Å². The summed E-state index contributed by atoms with van der Waals surface area (Å²) in [7, 11) is 0. The van der Waals surface area contributed by atoms with Crippen molar-refractivity contribution >= 4 is 23.4 Å². The van der Waals surface area contributed by atoms with Gasteiger partial charge in [0.05, 0.1) is 6.42 Å². The van der Waals surface area contributed by atoms with Gasteiger partial charge < -0.3 is 5.11 Å². The molecule has 1 heterocycles. The number of benzene rings is 1. The molecule has 0 aliphatic heterocycles. The first-order valence-electron chi connectivity index (χ1n) is 5.29. The molecule has 0 amide bonds. The Hall–Kier alpha value is -1.87. The Morgan fingerprint density at radius 2 is 1.94 bits per heavy atom. The van der Waals surface area contributed by atoms with Crippen molar-refractivity contribution in [1.82, 2.24) is 0 Å². The number of carboxylic acid groups (broad SMARTS) is 1. The van der Waals surface area contributed by atoms with Gasteiger partial charge in [0.25, 0.3) is 0 Å². The molecule has 1 N–H and O–H groups in total. The fourth-order valence-electron chi connectivity index (χ4n) is 1.48. The van der Waals surface area contributed by atoms with E-state index in [0.717, 1.165) is 4.88 Å². The van der Waals surface area contributed by atoms with Crippen molar-refractivity contribution in [3.05, 3.63) is 53.4 Å². The highest BCUT2D eigenvalue weighted by Gasteiger charge is 2.00. The largest absolute Gasteiger partial charge is 0.481 e. The van der Waals surface area contributed by atoms with E-state index in [2.05, 4.69) is 18.2 Å². The molecule has 0 spiro atoms. The number of carboxylic acids is 1. The highest BCUT2D eigenvalue weighted by Crippen LogP contribution is 2.28. The summed E-state index contributed by atoms with van der Waals surface area (Å²) >= 11 is 1.66. The highest BCUT2D eigenvalue weighted by atomic mass is 32.1. The molecule has 3 heteroatoms. The molecule has 2 rings (SSSR count). The second-order valence-corrected chi connectivity index (χ2v) is 4.68. The van der Waals surface area contributed by atoms with Gasteiger partial charge in [0.1, 0.15) is 0 Å². The minimum absolute atomic E-state index is 0.0680. The molecule has 0 saturated carbocycles. The second-order valence-electron chi connectivity index (χ2n) is 3.57. The maximum Gasteiger partial charge on any atom is 0.307 e.